The molecule has 0 aromatic heterocycles. The molecule has 0 spiro atoms. The number of alkyl halides is 3. The summed E-state index contributed by atoms with van der Waals surface area (Å²) in [7, 11) is 0. The predicted molar refractivity (Wildman–Crippen MR) is 86.8 cm³/mol. The van der Waals surface area contributed by atoms with Crippen LogP contribution in [0.5, 0.6) is 0 Å². The van der Waals surface area contributed by atoms with E-state index < -0.39 is 24.3 Å². The number of nitrogens with zero attached hydrogens (tertiary/aromatic N) is 1. The van der Waals surface area contributed by atoms with Crippen molar-refractivity contribution in [1.82, 2.24) is 10.6 Å². The van der Waals surface area contributed by atoms with Crippen LogP contribution in [0.25, 0.3) is 6.08 Å². The molecule has 7 heteroatoms. The lowest BCUT2D eigenvalue weighted by atomic mass is 10.0. The minimum atomic E-state index is -4.43. The molecular weight excluding hydrogens is 319 g/mol. The van der Waals surface area contributed by atoms with E-state index in [0.29, 0.717) is 0 Å². The fraction of sp³-hybridized carbons (Fsp3) is 0.471. The lowest BCUT2D eigenvalue weighted by Crippen LogP contribution is -2.58. The van der Waals surface area contributed by atoms with E-state index in [9.17, 15) is 18.0 Å². The van der Waals surface area contributed by atoms with Crippen molar-refractivity contribution in [2.75, 3.05) is 18.0 Å². The fourth-order valence-electron chi connectivity index (χ4n) is 3.08. The van der Waals surface area contributed by atoms with Crippen molar-refractivity contribution < 1.29 is 18.0 Å². The molecule has 1 aromatic rings. The summed E-state index contributed by atoms with van der Waals surface area (Å²) in [4.78, 5) is 13.7. The molecule has 2 aliphatic rings. The van der Waals surface area contributed by atoms with Crippen LogP contribution in [0.1, 0.15) is 24.8 Å². The zero-order valence-corrected chi connectivity index (χ0v) is 13.1. The van der Waals surface area contributed by atoms with E-state index in [4.69, 9.17) is 0 Å². The van der Waals surface area contributed by atoms with Gasteiger partial charge >= 0.3 is 12.2 Å². The summed E-state index contributed by atoms with van der Waals surface area (Å²) >= 11 is 0. The second-order valence-electron chi connectivity index (χ2n) is 6.20. The van der Waals surface area contributed by atoms with Gasteiger partial charge in [0.25, 0.3) is 0 Å². The van der Waals surface area contributed by atoms with Crippen LogP contribution in [0.3, 0.4) is 0 Å². The van der Waals surface area contributed by atoms with Gasteiger partial charge in [-0.25, -0.2) is 4.79 Å². The third kappa shape index (κ3) is 4.01. The van der Waals surface area contributed by atoms with Crippen LogP contribution in [0.2, 0.25) is 0 Å². The van der Waals surface area contributed by atoms with Gasteiger partial charge in [-0.3, -0.25) is 0 Å². The number of hydrogen-bond donors (Lipinski definition) is 2. The molecule has 2 atom stereocenters. The fourth-order valence-corrected chi connectivity index (χ4v) is 3.08. The van der Waals surface area contributed by atoms with Crippen LogP contribution in [-0.2, 0) is 0 Å². The smallest absolute Gasteiger partial charge is 0.372 e. The zero-order valence-electron chi connectivity index (χ0n) is 13.1. The number of anilines is 1. The van der Waals surface area contributed by atoms with Gasteiger partial charge in [0.15, 0.2) is 0 Å². The summed E-state index contributed by atoms with van der Waals surface area (Å²) in [5.74, 6) is 0. The molecular formula is C17H20F3N3O. The van der Waals surface area contributed by atoms with Crippen LogP contribution in [0, 0.1) is 0 Å². The van der Waals surface area contributed by atoms with Crippen molar-refractivity contribution in [2.45, 2.75) is 37.5 Å². The highest BCUT2D eigenvalue weighted by atomic mass is 19.4. The molecule has 2 unspecified atom stereocenters. The van der Waals surface area contributed by atoms with Crippen LogP contribution in [-0.4, -0.2) is 37.4 Å². The van der Waals surface area contributed by atoms with Crippen molar-refractivity contribution in [3.63, 3.8) is 0 Å². The molecule has 130 valence electrons. The lowest BCUT2D eigenvalue weighted by Gasteiger charge is -2.30. The highest BCUT2D eigenvalue weighted by molar-refractivity contribution is 5.76. The Hall–Kier alpha value is -2.18. The van der Waals surface area contributed by atoms with E-state index in [1.807, 2.05) is 29.6 Å². The number of halogens is 3. The molecule has 0 saturated carbocycles. The molecule has 3 rings (SSSR count). The number of urea groups is 1. The number of rotatable bonds is 3. The first-order valence-electron chi connectivity index (χ1n) is 8.09. The van der Waals surface area contributed by atoms with Gasteiger partial charge in [-0.2, -0.15) is 13.2 Å². The average molecular weight is 339 g/mol. The van der Waals surface area contributed by atoms with Crippen LogP contribution >= 0.6 is 0 Å². The van der Waals surface area contributed by atoms with Crippen molar-refractivity contribution in [3.8, 4) is 0 Å². The summed E-state index contributed by atoms with van der Waals surface area (Å²) in [5, 5.41) is 4.41. The lowest BCUT2D eigenvalue weighted by molar-refractivity contribution is -0.157. The normalized spacial score (nSPS) is 25.0. The Bertz CT molecular complexity index is 607. The van der Waals surface area contributed by atoms with E-state index in [0.717, 1.165) is 24.3 Å². The maximum Gasteiger partial charge on any atom is 0.408 e. The Morgan fingerprint density at radius 1 is 1.08 bits per heavy atom. The van der Waals surface area contributed by atoms with Gasteiger partial charge in [-0.15, -0.1) is 0 Å². The molecule has 2 fully saturated rings. The van der Waals surface area contributed by atoms with Crippen LogP contribution in [0.4, 0.5) is 23.7 Å². The second-order valence-corrected chi connectivity index (χ2v) is 6.20. The maximum atomic E-state index is 12.8. The Morgan fingerprint density at radius 2 is 1.75 bits per heavy atom. The first kappa shape index (κ1) is 16.7. The van der Waals surface area contributed by atoms with Crippen molar-refractivity contribution in [2.24, 2.45) is 0 Å². The first-order chi connectivity index (χ1) is 11.4. The molecule has 0 radical (unpaired) electrons. The van der Waals surface area contributed by atoms with Gasteiger partial charge in [0.2, 0.25) is 0 Å². The number of carbonyl (C=O) groups is 1. The molecule has 4 nitrogen and oxygen atoms in total. The standard InChI is InChI=1S/C17H20F3N3O/c18-17(19,20)15-11-13(21-16(24)22-15)6-3-12-4-7-14(8-5-12)23-9-1-2-10-23/h3-8,13,15H,1-2,9-11H2,(H2,21,22,24)/b6-3+. The van der Waals surface area contributed by atoms with E-state index in [1.165, 1.54) is 12.8 Å². The minimum Gasteiger partial charge on any atom is -0.372 e. The molecule has 2 saturated heterocycles. The molecule has 0 bridgehead atoms. The number of carbonyl (C=O) groups excluding carboxylic acids is 1. The van der Waals surface area contributed by atoms with Crippen molar-refractivity contribution in [1.29, 1.82) is 0 Å². The number of amides is 2. The van der Waals surface area contributed by atoms with Gasteiger partial charge in [0.1, 0.15) is 6.04 Å². The van der Waals surface area contributed by atoms with Crippen molar-refractivity contribution in [3.05, 3.63) is 35.9 Å². The third-order valence-electron chi connectivity index (χ3n) is 4.39. The summed E-state index contributed by atoms with van der Waals surface area (Å²) in [6, 6.07) is 4.68. The van der Waals surface area contributed by atoms with E-state index >= 15 is 0 Å². The Kier molecular flexibility index (Phi) is 4.69. The third-order valence-corrected chi connectivity index (χ3v) is 4.39. The molecule has 2 aliphatic heterocycles. The second kappa shape index (κ2) is 6.75. The van der Waals surface area contributed by atoms with Gasteiger partial charge < -0.3 is 15.5 Å². The summed E-state index contributed by atoms with van der Waals surface area (Å²) in [6.07, 6.45) is 1.13. The van der Waals surface area contributed by atoms with Gasteiger partial charge in [-0.1, -0.05) is 24.3 Å². The van der Waals surface area contributed by atoms with Crippen LogP contribution < -0.4 is 15.5 Å². The number of hydrogen-bond acceptors (Lipinski definition) is 2. The molecule has 0 aliphatic carbocycles. The monoisotopic (exact) mass is 339 g/mol. The largest absolute Gasteiger partial charge is 0.408 e. The molecule has 1 aromatic carbocycles. The Labute approximate surface area is 138 Å². The number of nitrogens with one attached hydrogen (secondary N) is 2. The average Bonchev–Trinajstić information content (AvgIpc) is 3.06. The predicted octanol–water partition coefficient (Wildman–Crippen LogP) is 3.30. The minimum absolute atomic E-state index is 0.211. The van der Waals surface area contributed by atoms with E-state index in [2.05, 4.69) is 10.2 Å². The molecule has 2 N–H and O–H groups in total. The van der Waals surface area contributed by atoms with E-state index in [1.54, 1.807) is 12.2 Å². The van der Waals surface area contributed by atoms with Gasteiger partial charge in [0.05, 0.1) is 6.04 Å². The van der Waals surface area contributed by atoms with Crippen molar-refractivity contribution >= 4 is 17.8 Å². The molecule has 2 heterocycles. The molecule has 24 heavy (non-hydrogen) atoms. The van der Waals surface area contributed by atoms with E-state index in [-0.39, 0.29) is 6.42 Å². The summed E-state index contributed by atoms with van der Waals surface area (Å²) in [5.41, 5.74) is 2.06. The number of benzene rings is 1. The Balaban J connectivity index is 1.63. The maximum absolute atomic E-state index is 12.8. The van der Waals surface area contributed by atoms with Crippen LogP contribution in [0.15, 0.2) is 30.3 Å². The topological polar surface area (TPSA) is 44.4 Å². The summed E-state index contributed by atoms with van der Waals surface area (Å²) in [6.45, 7) is 2.13. The highest BCUT2D eigenvalue weighted by Gasteiger charge is 2.44. The SMILES string of the molecule is O=C1NC(/C=C/c2ccc(N3CCCC3)cc2)CC(C(F)(F)F)N1. The van der Waals surface area contributed by atoms with Gasteiger partial charge in [0, 0.05) is 25.2 Å². The first-order valence-corrected chi connectivity index (χ1v) is 8.09. The summed E-state index contributed by atoms with van der Waals surface area (Å²) < 4.78 is 38.3. The molecule has 2 amide bonds. The quantitative estimate of drug-likeness (QED) is 0.887. The van der Waals surface area contributed by atoms with Gasteiger partial charge in [-0.05, 0) is 30.5 Å². The highest BCUT2D eigenvalue weighted by Crippen LogP contribution is 2.26. The Morgan fingerprint density at radius 3 is 2.38 bits per heavy atom. The zero-order chi connectivity index (χ0) is 17.2.